The monoisotopic (exact) mass is 296 g/mol. The van der Waals surface area contributed by atoms with Crippen LogP contribution in [0.15, 0.2) is 11.2 Å². The van der Waals surface area contributed by atoms with Gasteiger partial charge in [0.15, 0.2) is 0 Å². The zero-order valence-electron chi connectivity index (χ0n) is 13.1. The molecule has 112 valence electrons. The van der Waals surface area contributed by atoms with Crippen LogP contribution in [-0.4, -0.2) is 28.8 Å². The Balaban J connectivity index is 2.78. The van der Waals surface area contributed by atoms with Crippen molar-refractivity contribution in [3.63, 3.8) is 0 Å². The summed E-state index contributed by atoms with van der Waals surface area (Å²) in [5.74, 6) is 0.110. The molecular formula is C15H24N2O2S. The first-order chi connectivity index (χ1) is 9.17. The van der Waals surface area contributed by atoms with Crippen LogP contribution >= 0.6 is 11.3 Å². The molecule has 1 aromatic heterocycles. The zero-order valence-corrected chi connectivity index (χ0v) is 14.0. The minimum atomic E-state index is -0.487. The van der Waals surface area contributed by atoms with Crippen molar-refractivity contribution in [2.45, 2.75) is 59.6 Å². The number of esters is 1. The largest absolute Gasteiger partial charge is 0.458 e. The summed E-state index contributed by atoms with van der Waals surface area (Å²) < 4.78 is 5.42. The fraction of sp³-hybridized carbons (Fsp3) is 0.667. The van der Waals surface area contributed by atoms with Crippen LogP contribution in [0, 0.1) is 12.8 Å². The van der Waals surface area contributed by atoms with Crippen molar-refractivity contribution >= 4 is 23.5 Å². The Labute approximate surface area is 125 Å². The highest BCUT2D eigenvalue weighted by molar-refractivity contribution is 7.13. The Morgan fingerprint density at radius 2 is 2.15 bits per heavy atom. The number of nitrogens with zero attached hydrogens (tertiary/aromatic N) is 2. The highest BCUT2D eigenvalue weighted by atomic mass is 32.1. The van der Waals surface area contributed by atoms with Crippen LogP contribution in [0.3, 0.4) is 0 Å². The Bertz CT molecular complexity index is 472. The van der Waals surface area contributed by atoms with Gasteiger partial charge >= 0.3 is 5.97 Å². The lowest BCUT2D eigenvalue weighted by Gasteiger charge is -2.23. The first-order valence-electron chi connectivity index (χ1n) is 6.86. The van der Waals surface area contributed by atoms with Gasteiger partial charge in [-0.15, -0.1) is 11.3 Å². The van der Waals surface area contributed by atoms with Gasteiger partial charge < -0.3 is 4.74 Å². The topological polar surface area (TPSA) is 51.5 Å². The molecule has 0 saturated carbocycles. The van der Waals surface area contributed by atoms with E-state index < -0.39 is 11.6 Å². The van der Waals surface area contributed by atoms with Crippen molar-refractivity contribution < 1.29 is 9.53 Å². The van der Waals surface area contributed by atoms with E-state index in [-0.39, 0.29) is 5.97 Å². The molecule has 0 bridgehead atoms. The molecule has 1 aromatic rings. The summed E-state index contributed by atoms with van der Waals surface area (Å²) in [5, 5.41) is 0.819. The van der Waals surface area contributed by atoms with Crippen LogP contribution in [0.2, 0.25) is 0 Å². The minimum Gasteiger partial charge on any atom is -0.458 e. The first-order valence-corrected chi connectivity index (χ1v) is 7.67. The number of aryl methyl sites for hydroxylation is 1. The number of aliphatic imine (C=N–C) groups is 1. The molecule has 0 aliphatic heterocycles. The summed E-state index contributed by atoms with van der Waals surface area (Å²) in [5.41, 5.74) is -0.487. The van der Waals surface area contributed by atoms with Crippen LogP contribution in [0.1, 0.15) is 50.9 Å². The third-order valence-electron chi connectivity index (χ3n) is 2.38. The number of carbonyl (C=O) groups excluding carboxylic acids is 1. The Hall–Kier alpha value is -1.23. The van der Waals surface area contributed by atoms with E-state index in [1.165, 1.54) is 0 Å². The van der Waals surface area contributed by atoms with E-state index >= 15 is 0 Å². The molecular weight excluding hydrogens is 272 g/mol. The molecule has 0 aromatic carbocycles. The summed E-state index contributed by atoms with van der Waals surface area (Å²) in [4.78, 5) is 21.9. The predicted octanol–water partition coefficient (Wildman–Crippen LogP) is 3.63. The highest BCUT2D eigenvalue weighted by Gasteiger charge is 2.25. The molecule has 1 atom stereocenters. The lowest BCUT2D eigenvalue weighted by molar-refractivity contribution is -0.156. The second-order valence-electron chi connectivity index (χ2n) is 6.27. The molecule has 4 nitrogen and oxygen atoms in total. The van der Waals surface area contributed by atoms with Crippen LogP contribution in [-0.2, 0) is 9.53 Å². The lowest BCUT2D eigenvalue weighted by atomic mass is 10.0. The van der Waals surface area contributed by atoms with Crippen molar-refractivity contribution in [2.75, 3.05) is 0 Å². The van der Waals surface area contributed by atoms with Crippen LogP contribution < -0.4 is 0 Å². The number of aromatic nitrogens is 1. The summed E-state index contributed by atoms with van der Waals surface area (Å²) >= 11 is 1.56. The Morgan fingerprint density at radius 3 is 2.60 bits per heavy atom. The SMILES string of the molecule is Cc1cnc(C=NC(CC(C)C)C(=O)OC(C)(C)C)s1. The van der Waals surface area contributed by atoms with E-state index in [9.17, 15) is 4.79 Å². The van der Waals surface area contributed by atoms with Crippen LogP contribution in [0.25, 0.3) is 0 Å². The molecule has 1 unspecified atom stereocenters. The molecule has 1 heterocycles. The standard InChI is InChI=1S/C15H24N2O2S/c1-10(2)7-12(14(18)19-15(4,5)6)16-9-13-17-8-11(3)20-13/h8-10,12H,7H2,1-6H3. The lowest BCUT2D eigenvalue weighted by Crippen LogP contribution is -2.31. The summed E-state index contributed by atoms with van der Waals surface area (Å²) in [7, 11) is 0. The third-order valence-corrected chi connectivity index (χ3v) is 3.22. The quantitative estimate of drug-likeness (QED) is 0.616. The fourth-order valence-electron chi connectivity index (χ4n) is 1.62. The Kier molecular flexibility index (Phi) is 5.87. The van der Waals surface area contributed by atoms with Gasteiger partial charge in [-0.3, -0.25) is 4.99 Å². The number of ether oxygens (including phenoxy) is 1. The number of thiazole rings is 1. The van der Waals surface area contributed by atoms with E-state index in [1.54, 1.807) is 23.7 Å². The van der Waals surface area contributed by atoms with E-state index in [0.29, 0.717) is 12.3 Å². The van der Waals surface area contributed by atoms with Gasteiger partial charge in [0, 0.05) is 11.1 Å². The van der Waals surface area contributed by atoms with Gasteiger partial charge in [0.2, 0.25) is 0 Å². The molecule has 1 rings (SSSR count). The molecule has 20 heavy (non-hydrogen) atoms. The van der Waals surface area contributed by atoms with Crippen LogP contribution in [0.4, 0.5) is 0 Å². The second-order valence-corrected chi connectivity index (χ2v) is 7.53. The molecule has 0 fully saturated rings. The van der Waals surface area contributed by atoms with Gasteiger partial charge in [0.05, 0.1) is 6.21 Å². The van der Waals surface area contributed by atoms with E-state index in [0.717, 1.165) is 9.88 Å². The molecule has 0 radical (unpaired) electrons. The Morgan fingerprint density at radius 1 is 1.50 bits per heavy atom. The molecule has 0 amide bonds. The number of hydrogen-bond donors (Lipinski definition) is 0. The maximum Gasteiger partial charge on any atom is 0.331 e. The van der Waals surface area contributed by atoms with Gasteiger partial charge in [-0.25, -0.2) is 9.78 Å². The van der Waals surface area contributed by atoms with Gasteiger partial charge in [0.1, 0.15) is 16.7 Å². The van der Waals surface area contributed by atoms with Crippen molar-refractivity contribution in [1.82, 2.24) is 4.98 Å². The third kappa shape index (κ3) is 6.28. The highest BCUT2D eigenvalue weighted by Crippen LogP contribution is 2.16. The van der Waals surface area contributed by atoms with E-state index in [2.05, 4.69) is 23.8 Å². The van der Waals surface area contributed by atoms with Crippen molar-refractivity contribution in [1.29, 1.82) is 0 Å². The molecule has 0 aliphatic rings. The molecule has 0 spiro atoms. The minimum absolute atomic E-state index is 0.268. The maximum atomic E-state index is 12.2. The summed E-state index contributed by atoms with van der Waals surface area (Å²) in [6.45, 7) is 11.7. The number of carbonyl (C=O) groups is 1. The summed E-state index contributed by atoms with van der Waals surface area (Å²) in [6, 6.07) is -0.460. The van der Waals surface area contributed by atoms with Crippen molar-refractivity contribution in [3.05, 3.63) is 16.1 Å². The smallest absolute Gasteiger partial charge is 0.331 e. The summed E-state index contributed by atoms with van der Waals surface area (Å²) in [6.07, 6.45) is 4.15. The number of rotatable bonds is 5. The fourth-order valence-corrected chi connectivity index (χ4v) is 2.27. The zero-order chi connectivity index (χ0) is 15.3. The van der Waals surface area contributed by atoms with E-state index in [1.807, 2.05) is 27.7 Å². The predicted molar refractivity (Wildman–Crippen MR) is 83.5 cm³/mol. The molecule has 0 aliphatic carbocycles. The molecule has 0 saturated heterocycles. The maximum absolute atomic E-state index is 12.2. The molecule has 0 N–H and O–H groups in total. The van der Waals surface area contributed by atoms with Crippen molar-refractivity contribution in [3.8, 4) is 0 Å². The van der Waals surface area contributed by atoms with E-state index in [4.69, 9.17) is 4.74 Å². The van der Waals surface area contributed by atoms with Gasteiger partial charge in [0.25, 0.3) is 0 Å². The van der Waals surface area contributed by atoms with Gasteiger partial charge in [-0.2, -0.15) is 0 Å². The van der Waals surface area contributed by atoms with Crippen LogP contribution in [0.5, 0.6) is 0 Å². The van der Waals surface area contributed by atoms with Crippen molar-refractivity contribution in [2.24, 2.45) is 10.9 Å². The normalized spacial score (nSPS) is 13.9. The average molecular weight is 296 g/mol. The average Bonchev–Trinajstić information content (AvgIpc) is 2.67. The van der Waals surface area contributed by atoms with Gasteiger partial charge in [-0.05, 0) is 40.0 Å². The molecule has 5 heteroatoms. The first kappa shape index (κ1) is 16.8. The number of hydrogen-bond acceptors (Lipinski definition) is 5. The second kappa shape index (κ2) is 6.97. The van der Waals surface area contributed by atoms with Gasteiger partial charge in [-0.1, -0.05) is 13.8 Å².